The number of rotatable bonds is 0. The van der Waals surface area contributed by atoms with Gasteiger partial charge in [-0.05, 0) is 12.8 Å². The Morgan fingerprint density at radius 2 is 1.40 bits per heavy atom. The molecule has 0 fully saturated rings. The topological polar surface area (TPSA) is 0 Å². The summed E-state index contributed by atoms with van der Waals surface area (Å²) in [4.78, 5) is 0. The molecular weight excluding hydrogens is 88.1 g/mol. The molecule has 5 heavy (non-hydrogen) atoms. The van der Waals surface area contributed by atoms with Crippen molar-refractivity contribution in [3.05, 3.63) is 12.2 Å². The Hall–Kier alpha value is 1.000. The maximum absolute atomic E-state index is 2.18. The molecule has 26 valence electrons. The summed E-state index contributed by atoms with van der Waals surface area (Å²) in [6, 6.07) is 0. The summed E-state index contributed by atoms with van der Waals surface area (Å²) in [5.74, 6) is 0. The van der Waals surface area contributed by atoms with Crippen molar-refractivity contribution >= 4 is 37.7 Å². The molecule has 1 heteroatoms. The molecule has 0 aliphatic heterocycles. The molecule has 0 spiro atoms. The molecule has 1 rings (SSSR count). The molecule has 0 bridgehead atoms. The van der Waals surface area contributed by atoms with Crippen molar-refractivity contribution in [3.8, 4) is 0 Å². The summed E-state index contributed by atoms with van der Waals surface area (Å²) in [6.45, 7) is 0. The van der Waals surface area contributed by atoms with Crippen LogP contribution in [0.1, 0.15) is 15.7 Å². The smallest absolute Gasteiger partial charge is 1.00 e. The molecule has 0 saturated heterocycles. The molecule has 0 aromatic rings. The van der Waals surface area contributed by atoms with Crippen LogP contribution < -0.4 is 0 Å². The molecule has 0 aromatic carbocycles. The van der Waals surface area contributed by atoms with Gasteiger partial charge >= 0.3 is 37.7 Å². The number of hydrogen-bond donors (Lipinski definition) is 0. The van der Waals surface area contributed by atoms with Gasteiger partial charge in [0.25, 0.3) is 0 Å². The second kappa shape index (κ2) is 3.20. The van der Waals surface area contributed by atoms with Gasteiger partial charge in [0.2, 0.25) is 0 Å². The van der Waals surface area contributed by atoms with Crippen LogP contribution in [0.4, 0.5) is 0 Å². The van der Waals surface area contributed by atoms with Crippen LogP contribution in [0.2, 0.25) is 0 Å². The number of hydrogen-bond acceptors (Lipinski definition) is 0. The minimum atomic E-state index is 0. The van der Waals surface area contributed by atoms with Crippen molar-refractivity contribution in [2.75, 3.05) is 0 Å². The molecule has 0 nitrogen and oxygen atoms in total. The van der Waals surface area contributed by atoms with Gasteiger partial charge in [-0.3, -0.25) is 0 Å². The van der Waals surface area contributed by atoms with Crippen molar-refractivity contribution in [3.63, 3.8) is 0 Å². The molecule has 0 heterocycles. The van der Waals surface area contributed by atoms with Gasteiger partial charge in [0.05, 0.1) is 0 Å². The van der Waals surface area contributed by atoms with Crippen molar-refractivity contribution in [1.82, 2.24) is 0 Å². The van der Waals surface area contributed by atoms with E-state index in [-0.39, 0.29) is 40.6 Å². The van der Waals surface area contributed by atoms with E-state index in [1.54, 1.807) is 0 Å². The van der Waals surface area contributed by atoms with E-state index >= 15 is 0 Å². The normalized spacial score (nSPS) is 16.0. The van der Waals surface area contributed by atoms with E-state index in [9.17, 15) is 0 Å². The third kappa shape index (κ3) is 1.80. The summed E-state index contributed by atoms with van der Waals surface area (Å²) in [5, 5.41) is 0. The fourth-order valence-corrected chi connectivity index (χ4v) is 0.167. The van der Waals surface area contributed by atoms with Crippen LogP contribution in [-0.4, -0.2) is 37.7 Å². The molecule has 0 saturated carbocycles. The van der Waals surface area contributed by atoms with Gasteiger partial charge in [0.1, 0.15) is 0 Å². The second-order valence-corrected chi connectivity index (χ2v) is 1.05. The Kier molecular flexibility index (Phi) is 3.84. The number of allylic oxidation sites excluding steroid dienone is 2. The van der Waals surface area contributed by atoms with Crippen LogP contribution in [-0.2, 0) is 0 Å². The zero-order valence-corrected chi connectivity index (χ0v) is 5.48. The van der Waals surface area contributed by atoms with Crippen LogP contribution in [0, 0.1) is 0 Å². The first kappa shape index (κ1) is 6.00. The van der Waals surface area contributed by atoms with E-state index in [4.69, 9.17) is 0 Å². The molecule has 0 radical (unpaired) electrons. The van der Waals surface area contributed by atoms with E-state index in [0.29, 0.717) is 0 Å². The summed E-state index contributed by atoms with van der Waals surface area (Å²) in [7, 11) is 0. The van der Waals surface area contributed by atoms with Crippen molar-refractivity contribution in [1.29, 1.82) is 0 Å². The first-order chi connectivity index (χ1) is 2.00. The maximum atomic E-state index is 2.18. The molecule has 1 aliphatic rings. The first-order valence-electron chi connectivity index (χ1n) is 1.65. The molecule has 0 aromatic heterocycles. The van der Waals surface area contributed by atoms with E-state index in [1.165, 1.54) is 12.8 Å². The van der Waals surface area contributed by atoms with E-state index in [0.717, 1.165) is 0 Å². The summed E-state index contributed by atoms with van der Waals surface area (Å²) in [6.07, 6.45) is 7.00. The van der Waals surface area contributed by atoms with Crippen LogP contribution in [0.25, 0.3) is 0 Å². The molecule has 0 atom stereocenters. The Morgan fingerprint density at radius 3 is 1.40 bits per heavy atom. The Morgan fingerprint density at radius 1 is 1.20 bits per heavy atom. The predicted octanol–water partition coefficient (Wildman–Crippen LogP) is 1.18. The van der Waals surface area contributed by atoms with Crippen molar-refractivity contribution in [2.24, 2.45) is 0 Å². The molecule has 1 aliphatic carbocycles. The van der Waals surface area contributed by atoms with E-state index in [1.807, 2.05) is 0 Å². The van der Waals surface area contributed by atoms with Crippen molar-refractivity contribution in [2.45, 2.75) is 12.8 Å². The van der Waals surface area contributed by atoms with Gasteiger partial charge in [0, 0.05) is 0 Å². The Balaban J connectivity index is -0.0000000533. The minimum absolute atomic E-state index is 0. The largest absolute Gasteiger partial charge is 2.00 e. The van der Waals surface area contributed by atoms with Crippen LogP contribution in [0.3, 0.4) is 0 Å². The third-order valence-electron chi connectivity index (χ3n) is 0.667. The predicted molar refractivity (Wildman–Crippen MR) is 26.4 cm³/mol. The fourth-order valence-electron chi connectivity index (χ4n) is 0.167. The molecule has 0 N–H and O–H groups in total. The quantitative estimate of drug-likeness (QED) is 0.314. The van der Waals surface area contributed by atoms with Crippen LogP contribution >= 0.6 is 0 Å². The summed E-state index contributed by atoms with van der Waals surface area (Å²) >= 11 is 0. The standard InChI is InChI=1S/C4H6.Ca.2H/c1-2-4-3-1;;;/h1-2H,3-4H2;;;/q;+2;2*-1. The average Bonchev–Trinajstić information content (AvgIpc) is 0.722. The van der Waals surface area contributed by atoms with Gasteiger partial charge in [-0.1, -0.05) is 12.2 Å². The third-order valence-corrected chi connectivity index (χ3v) is 0.667. The molecule has 0 amide bonds. The van der Waals surface area contributed by atoms with Crippen molar-refractivity contribution < 1.29 is 2.85 Å². The van der Waals surface area contributed by atoms with Gasteiger partial charge in [-0.15, -0.1) is 0 Å². The van der Waals surface area contributed by atoms with Crippen LogP contribution in [0.5, 0.6) is 0 Å². The minimum Gasteiger partial charge on any atom is -1.00 e. The average molecular weight is 96.2 g/mol. The zero-order valence-electron chi connectivity index (χ0n) is 5.28. The molecular formula is C4H8Ca. The van der Waals surface area contributed by atoms with Gasteiger partial charge < -0.3 is 2.85 Å². The SMILES string of the molecule is C1=CCC1.[Ca+2].[H-].[H-]. The summed E-state index contributed by atoms with van der Waals surface area (Å²) in [5.41, 5.74) is 0. The van der Waals surface area contributed by atoms with Crippen LogP contribution in [0.15, 0.2) is 12.2 Å². The van der Waals surface area contributed by atoms with E-state index < -0.39 is 0 Å². The maximum Gasteiger partial charge on any atom is 2.00 e. The monoisotopic (exact) mass is 96.0 g/mol. The fraction of sp³-hybridized carbons (Fsp3) is 0.500. The van der Waals surface area contributed by atoms with Gasteiger partial charge in [0.15, 0.2) is 0 Å². The second-order valence-electron chi connectivity index (χ2n) is 1.05. The summed E-state index contributed by atoms with van der Waals surface area (Å²) < 4.78 is 0. The first-order valence-corrected chi connectivity index (χ1v) is 1.65. The van der Waals surface area contributed by atoms with E-state index in [2.05, 4.69) is 12.2 Å². The van der Waals surface area contributed by atoms with Gasteiger partial charge in [-0.2, -0.15) is 0 Å². The van der Waals surface area contributed by atoms with Gasteiger partial charge in [-0.25, -0.2) is 0 Å². The zero-order chi connectivity index (χ0) is 2.83. The Bertz CT molecular complexity index is 39.0. The Labute approximate surface area is 65.2 Å². The molecule has 0 unspecified atom stereocenters.